The van der Waals surface area contributed by atoms with Crippen LogP contribution in [0.2, 0.25) is 0 Å². The minimum Gasteiger partial charge on any atom is -0.465 e. The van der Waals surface area contributed by atoms with Crippen molar-refractivity contribution in [1.82, 2.24) is 4.90 Å². The van der Waals surface area contributed by atoms with Crippen LogP contribution >= 0.6 is 0 Å². The molecule has 0 bridgehead atoms. The van der Waals surface area contributed by atoms with Crippen LogP contribution in [0.15, 0.2) is 42.5 Å². The molecule has 4 rings (SSSR count). The summed E-state index contributed by atoms with van der Waals surface area (Å²) < 4.78 is 15.4. The number of rotatable bonds is 7. The highest BCUT2D eigenvalue weighted by Crippen LogP contribution is 2.34. The number of esters is 1. The number of hydrogen-bond acceptors (Lipinski definition) is 7. The topological polar surface area (TPSA) is 102 Å². The lowest BCUT2D eigenvalue weighted by Gasteiger charge is -2.28. The van der Waals surface area contributed by atoms with Crippen molar-refractivity contribution in [2.24, 2.45) is 0 Å². The van der Waals surface area contributed by atoms with Crippen LogP contribution in [0, 0.1) is 0 Å². The molecule has 1 fully saturated rings. The van der Waals surface area contributed by atoms with E-state index < -0.39 is 23.8 Å². The summed E-state index contributed by atoms with van der Waals surface area (Å²) in [5.74, 6) is -0.398. The lowest BCUT2D eigenvalue weighted by Crippen LogP contribution is -2.45. The molecule has 0 aromatic heterocycles. The molecule has 2 aromatic carbocycles. The molecule has 2 aromatic rings. The van der Waals surface area contributed by atoms with Crippen molar-refractivity contribution >= 4 is 29.4 Å². The number of carbonyl (C=O) groups is 4. The van der Waals surface area contributed by atoms with Crippen LogP contribution in [0.3, 0.4) is 0 Å². The van der Waals surface area contributed by atoms with E-state index in [1.54, 1.807) is 12.1 Å². The third-order valence-electron chi connectivity index (χ3n) is 5.62. The largest absolute Gasteiger partial charge is 0.465 e. The molecule has 9 heteroatoms. The van der Waals surface area contributed by atoms with E-state index in [0.717, 1.165) is 10.5 Å². The molecule has 3 amide bonds. The molecule has 0 N–H and O–H groups in total. The lowest BCUT2D eigenvalue weighted by molar-refractivity contribution is -0.139. The highest BCUT2D eigenvalue weighted by molar-refractivity contribution is 6.23. The molecule has 0 spiro atoms. The zero-order valence-corrected chi connectivity index (χ0v) is 18.4. The summed E-state index contributed by atoms with van der Waals surface area (Å²) >= 11 is 0. The summed E-state index contributed by atoms with van der Waals surface area (Å²) in [6.07, 6.45) is 0.762. The van der Waals surface area contributed by atoms with Crippen molar-refractivity contribution in [2.45, 2.75) is 38.8 Å². The Bertz CT molecular complexity index is 1100. The molecule has 0 radical (unpaired) electrons. The van der Waals surface area contributed by atoms with Crippen molar-refractivity contribution in [2.75, 3.05) is 18.8 Å². The zero-order valence-electron chi connectivity index (χ0n) is 18.4. The summed E-state index contributed by atoms with van der Waals surface area (Å²) in [6, 6.07) is 10.4. The first kappa shape index (κ1) is 22.3. The second-order valence-corrected chi connectivity index (χ2v) is 7.79. The summed E-state index contributed by atoms with van der Waals surface area (Å²) in [6.45, 7) is 2.18. The van der Waals surface area contributed by atoms with E-state index in [-0.39, 0.29) is 32.1 Å². The first-order valence-corrected chi connectivity index (χ1v) is 10.7. The predicted octanol–water partition coefficient (Wildman–Crippen LogP) is 2.66. The van der Waals surface area contributed by atoms with E-state index in [2.05, 4.69) is 4.74 Å². The van der Waals surface area contributed by atoms with Gasteiger partial charge in [0.1, 0.15) is 6.04 Å². The molecule has 0 aliphatic carbocycles. The molecule has 9 nitrogen and oxygen atoms in total. The smallest absolute Gasteiger partial charge is 0.337 e. The number of imide groups is 1. The zero-order chi connectivity index (χ0) is 23.5. The highest BCUT2D eigenvalue weighted by atomic mass is 16.7. The van der Waals surface area contributed by atoms with Gasteiger partial charge in [0, 0.05) is 13.0 Å². The average Bonchev–Trinajstić information content (AvgIpc) is 3.40. The van der Waals surface area contributed by atoms with E-state index in [1.807, 2.05) is 13.0 Å². The number of methoxy groups -OCH3 is 1. The van der Waals surface area contributed by atoms with Crippen LogP contribution in [0.5, 0.6) is 11.5 Å². The number of fused-ring (bicyclic) bond motifs is 1. The SMILES string of the molecule is CCCC(=O)N(Cc1ccc2c(c1)OCO2)C1CC(=O)N(c2ccc(C(=O)OC)cc2)C1=O. The maximum absolute atomic E-state index is 13.3. The molecule has 0 saturated carbocycles. The number of amides is 3. The molecule has 2 heterocycles. The highest BCUT2D eigenvalue weighted by Gasteiger charge is 2.44. The van der Waals surface area contributed by atoms with Gasteiger partial charge in [-0.1, -0.05) is 13.0 Å². The van der Waals surface area contributed by atoms with Gasteiger partial charge in [0.25, 0.3) is 5.91 Å². The summed E-state index contributed by atoms with van der Waals surface area (Å²) in [5, 5.41) is 0. The Balaban J connectivity index is 1.58. The third-order valence-corrected chi connectivity index (χ3v) is 5.62. The van der Waals surface area contributed by atoms with Crippen molar-refractivity contribution in [3.8, 4) is 11.5 Å². The van der Waals surface area contributed by atoms with Gasteiger partial charge in [-0.05, 0) is 48.4 Å². The summed E-state index contributed by atoms with van der Waals surface area (Å²) in [5.41, 5.74) is 1.41. The van der Waals surface area contributed by atoms with Crippen molar-refractivity contribution in [1.29, 1.82) is 0 Å². The fourth-order valence-corrected chi connectivity index (χ4v) is 3.96. The quantitative estimate of drug-likeness (QED) is 0.470. The van der Waals surface area contributed by atoms with Gasteiger partial charge in [0.05, 0.1) is 24.8 Å². The van der Waals surface area contributed by atoms with Gasteiger partial charge in [0.15, 0.2) is 11.5 Å². The van der Waals surface area contributed by atoms with Crippen LogP contribution in [-0.4, -0.2) is 48.5 Å². The molecule has 33 heavy (non-hydrogen) atoms. The fraction of sp³-hybridized carbons (Fsp3) is 0.333. The molecule has 2 aliphatic rings. The van der Waals surface area contributed by atoms with Gasteiger partial charge in [0.2, 0.25) is 18.6 Å². The van der Waals surface area contributed by atoms with Crippen molar-refractivity contribution < 1.29 is 33.4 Å². The predicted molar refractivity (Wildman–Crippen MR) is 117 cm³/mol. The molecular formula is C24H24N2O7. The number of hydrogen-bond donors (Lipinski definition) is 0. The molecule has 1 saturated heterocycles. The first-order chi connectivity index (χ1) is 15.9. The Morgan fingerprint density at radius 1 is 1.09 bits per heavy atom. The first-order valence-electron chi connectivity index (χ1n) is 10.7. The molecule has 2 aliphatic heterocycles. The number of nitrogens with zero attached hydrogens (tertiary/aromatic N) is 2. The van der Waals surface area contributed by atoms with Gasteiger partial charge in [-0.2, -0.15) is 0 Å². The minimum absolute atomic E-state index is 0.113. The standard InChI is InChI=1S/C24H24N2O7/c1-3-4-21(27)25(13-15-5-10-19-20(11-15)33-14-32-19)18-12-22(28)26(23(18)29)17-8-6-16(7-9-17)24(30)31-2/h5-11,18H,3-4,12-14H2,1-2H3. The van der Waals surface area contributed by atoms with E-state index in [0.29, 0.717) is 29.2 Å². The number of benzene rings is 2. The van der Waals surface area contributed by atoms with E-state index in [4.69, 9.17) is 9.47 Å². The van der Waals surface area contributed by atoms with Crippen LogP contribution in [0.1, 0.15) is 42.1 Å². The minimum atomic E-state index is -0.915. The van der Waals surface area contributed by atoms with Gasteiger partial charge < -0.3 is 19.1 Å². The van der Waals surface area contributed by atoms with Crippen LogP contribution in [0.4, 0.5) is 5.69 Å². The van der Waals surface area contributed by atoms with Gasteiger partial charge in [-0.25, -0.2) is 9.69 Å². The molecule has 1 unspecified atom stereocenters. The second-order valence-electron chi connectivity index (χ2n) is 7.79. The molecular weight excluding hydrogens is 428 g/mol. The molecule has 1 atom stereocenters. The van der Waals surface area contributed by atoms with Gasteiger partial charge in [-0.15, -0.1) is 0 Å². The second kappa shape index (κ2) is 9.32. The number of carbonyl (C=O) groups excluding carboxylic acids is 4. The number of ether oxygens (including phenoxy) is 3. The van der Waals surface area contributed by atoms with E-state index in [1.165, 1.54) is 36.3 Å². The van der Waals surface area contributed by atoms with E-state index in [9.17, 15) is 19.2 Å². The van der Waals surface area contributed by atoms with Crippen molar-refractivity contribution in [3.63, 3.8) is 0 Å². The van der Waals surface area contributed by atoms with Crippen LogP contribution in [-0.2, 0) is 25.7 Å². The van der Waals surface area contributed by atoms with Crippen LogP contribution < -0.4 is 14.4 Å². The van der Waals surface area contributed by atoms with E-state index >= 15 is 0 Å². The average molecular weight is 452 g/mol. The Hall–Kier alpha value is -3.88. The maximum Gasteiger partial charge on any atom is 0.337 e. The Kier molecular flexibility index (Phi) is 6.30. The van der Waals surface area contributed by atoms with Gasteiger partial charge >= 0.3 is 5.97 Å². The lowest BCUT2D eigenvalue weighted by atomic mass is 10.1. The third kappa shape index (κ3) is 4.39. The summed E-state index contributed by atoms with van der Waals surface area (Å²) in [4.78, 5) is 53.2. The monoisotopic (exact) mass is 452 g/mol. The van der Waals surface area contributed by atoms with Crippen molar-refractivity contribution in [3.05, 3.63) is 53.6 Å². The van der Waals surface area contributed by atoms with Crippen LogP contribution in [0.25, 0.3) is 0 Å². The molecule has 172 valence electrons. The summed E-state index contributed by atoms with van der Waals surface area (Å²) in [7, 11) is 1.27. The maximum atomic E-state index is 13.3. The Morgan fingerprint density at radius 3 is 2.52 bits per heavy atom. The normalized spacial score (nSPS) is 16.8. The number of anilines is 1. The van der Waals surface area contributed by atoms with Gasteiger partial charge in [-0.3, -0.25) is 14.4 Å². The Morgan fingerprint density at radius 2 is 1.82 bits per heavy atom. The Labute approximate surface area is 190 Å². The fourth-order valence-electron chi connectivity index (χ4n) is 3.96.